The van der Waals surface area contributed by atoms with Crippen LogP contribution in [0.1, 0.15) is 69.6 Å². The van der Waals surface area contributed by atoms with E-state index in [9.17, 15) is 40.7 Å². The Bertz CT molecular complexity index is 790. The molecule has 0 heterocycles. The average Bonchev–Trinajstić information content (AvgIpc) is 2.75. The van der Waals surface area contributed by atoms with Gasteiger partial charge >= 0.3 is 21.2 Å². The molecule has 0 amide bonds. The first-order chi connectivity index (χ1) is 15.7. The fraction of sp³-hybridized carbons (Fsp3) is 0.571. The number of hydrogen-bond donors (Lipinski definition) is 0. The van der Waals surface area contributed by atoms with Crippen LogP contribution in [0, 0.1) is 0 Å². The Morgan fingerprint density at radius 3 is 1.41 bits per heavy atom. The molecule has 0 fully saturated rings. The van der Waals surface area contributed by atoms with Crippen molar-refractivity contribution < 1.29 is 54.0 Å². The quantitative estimate of drug-likeness (QED) is 0.209. The molecule has 34 heavy (non-hydrogen) atoms. The summed E-state index contributed by atoms with van der Waals surface area (Å²) in [6.07, 6.45) is -10.3. The molecule has 0 N–H and O–H groups in total. The number of carbonyl (C=O) groups is 3. The standard InChI is InChI=1S/C21H26F6O6Si/c1-4-17(28)31-34(32-18(29)5-2,33-19(30)6-3)10-8-7-9-14-11-15(20(22,23)24)13-16(12-14)21(25,26)27/h11-13H,4-10H2,1-3H3. The first-order valence-electron chi connectivity index (χ1n) is 10.6. The lowest BCUT2D eigenvalue weighted by molar-refractivity contribution is -0.151. The van der Waals surface area contributed by atoms with Crippen LogP contribution in [0.15, 0.2) is 18.2 Å². The SMILES string of the molecule is CCC(=O)O[Si](CCCCc1cc(C(F)(F)F)cc(C(F)(F)F)c1)(OC(=O)CC)OC(=O)CC. The summed E-state index contributed by atoms with van der Waals surface area (Å²) in [4.78, 5) is 35.7. The van der Waals surface area contributed by atoms with Gasteiger partial charge in [0.05, 0.1) is 17.2 Å². The Morgan fingerprint density at radius 1 is 0.706 bits per heavy atom. The molecule has 1 aromatic rings. The van der Waals surface area contributed by atoms with Crippen LogP contribution in [-0.4, -0.2) is 26.7 Å². The summed E-state index contributed by atoms with van der Waals surface area (Å²) in [5.74, 6) is -2.36. The van der Waals surface area contributed by atoms with E-state index in [4.69, 9.17) is 13.3 Å². The number of unbranched alkanes of at least 4 members (excludes halogenated alkanes) is 1. The first-order valence-corrected chi connectivity index (χ1v) is 12.5. The average molecular weight is 517 g/mol. The number of alkyl halides is 6. The number of benzene rings is 1. The molecule has 0 aliphatic heterocycles. The molecule has 0 bridgehead atoms. The van der Waals surface area contributed by atoms with Gasteiger partial charge in [0.15, 0.2) is 0 Å². The van der Waals surface area contributed by atoms with E-state index in [2.05, 4.69) is 0 Å². The maximum atomic E-state index is 13.0. The summed E-state index contributed by atoms with van der Waals surface area (Å²) in [6.45, 7) is 4.41. The molecular formula is C21H26F6O6Si. The molecule has 6 nitrogen and oxygen atoms in total. The Morgan fingerprint density at radius 2 is 1.09 bits per heavy atom. The first kappa shape index (κ1) is 29.5. The third-order valence-corrected chi connectivity index (χ3v) is 7.10. The third-order valence-electron chi connectivity index (χ3n) is 4.52. The maximum Gasteiger partial charge on any atom is 0.705 e. The Hall–Kier alpha value is -2.57. The summed E-state index contributed by atoms with van der Waals surface area (Å²) >= 11 is 0. The van der Waals surface area contributed by atoms with E-state index in [1.54, 1.807) is 0 Å². The van der Waals surface area contributed by atoms with Crippen LogP contribution in [0.5, 0.6) is 0 Å². The Kier molecular flexibility index (Phi) is 10.6. The van der Waals surface area contributed by atoms with Gasteiger partial charge in [-0.2, -0.15) is 26.3 Å². The lowest BCUT2D eigenvalue weighted by Gasteiger charge is -2.27. The topological polar surface area (TPSA) is 78.9 Å². The van der Waals surface area contributed by atoms with E-state index >= 15 is 0 Å². The van der Waals surface area contributed by atoms with Gasteiger partial charge in [0.1, 0.15) is 0 Å². The van der Waals surface area contributed by atoms with Crippen molar-refractivity contribution in [1.82, 2.24) is 0 Å². The summed E-state index contributed by atoms with van der Waals surface area (Å²) < 4.78 is 93.9. The zero-order chi connectivity index (χ0) is 26.2. The molecule has 192 valence electrons. The predicted octanol–water partition coefficient (Wildman–Crippen LogP) is 5.85. The van der Waals surface area contributed by atoms with Crippen molar-refractivity contribution in [3.8, 4) is 0 Å². The summed E-state index contributed by atoms with van der Waals surface area (Å²) in [6, 6.07) is 1.08. The molecule has 0 atom stereocenters. The van der Waals surface area contributed by atoms with Gasteiger partial charge in [-0.3, -0.25) is 14.4 Å². The molecule has 0 saturated carbocycles. The monoisotopic (exact) mass is 516 g/mol. The third kappa shape index (κ3) is 9.35. The van der Waals surface area contributed by atoms with Crippen molar-refractivity contribution in [2.45, 2.75) is 77.7 Å². The van der Waals surface area contributed by atoms with Gasteiger partial charge in [-0.05, 0) is 43.0 Å². The summed E-state index contributed by atoms with van der Waals surface area (Å²) in [5, 5.41) is 0. The largest absolute Gasteiger partial charge is 0.705 e. The highest BCUT2D eigenvalue weighted by atomic mass is 28.4. The number of hydrogen-bond acceptors (Lipinski definition) is 6. The van der Waals surface area contributed by atoms with E-state index in [-0.39, 0.29) is 56.2 Å². The Balaban J connectivity index is 3.08. The van der Waals surface area contributed by atoms with Crippen LogP contribution in [0.4, 0.5) is 26.3 Å². The highest BCUT2D eigenvalue weighted by Crippen LogP contribution is 2.36. The van der Waals surface area contributed by atoms with Crippen molar-refractivity contribution in [3.63, 3.8) is 0 Å². The molecule has 0 aliphatic rings. The molecule has 0 saturated heterocycles. The zero-order valence-electron chi connectivity index (χ0n) is 18.9. The van der Waals surface area contributed by atoms with Crippen LogP contribution in [0.25, 0.3) is 0 Å². The van der Waals surface area contributed by atoms with Crippen molar-refractivity contribution in [1.29, 1.82) is 0 Å². The van der Waals surface area contributed by atoms with Crippen molar-refractivity contribution in [2.75, 3.05) is 0 Å². The van der Waals surface area contributed by atoms with E-state index in [0.717, 1.165) is 0 Å². The Labute approximate surface area is 193 Å². The minimum atomic E-state index is -4.96. The highest BCUT2D eigenvalue weighted by Gasteiger charge is 2.52. The van der Waals surface area contributed by atoms with Crippen LogP contribution < -0.4 is 0 Å². The fourth-order valence-corrected chi connectivity index (χ4v) is 5.37. The minimum absolute atomic E-state index is 0.0365. The van der Waals surface area contributed by atoms with Gasteiger partial charge < -0.3 is 13.3 Å². The second-order valence-electron chi connectivity index (χ2n) is 7.29. The van der Waals surface area contributed by atoms with E-state index in [0.29, 0.717) is 12.1 Å². The molecule has 13 heteroatoms. The van der Waals surface area contributed by atoms with Crippen molar-refractivity contribution in [3.05, 3.63) is 34.9 Å². The normalized spacial score (nSPS) is 12.3. The molecular weight excluding hydrogens is 490 g/mol. The second kappa shape index (κ2) is 12.2. The lowest BCUT2D eigenvalue weighted by Crippen LogP contribution is -2.50. The van der Waals surface area contributed by atoms with E-state index < -0.39 is 50.2 Å². The fourth-order valence-electron chi connectivity index (χ4n) is 2.79. The zero-order valence-corrected chi connectivity index (χ0v) is 19.9. The van der Waals surface area contributed by atoms with Crippen LogP contribution in [0.3, 0.4) is 0 Å². The molecule has 0 aromatic heterocycles. The smallest absolute Gasteiger partial charge is 0.455 e. The van der Waals surface area contributed by atoms with Crippen molar-refractivity contribution in [2.24, 2.45) is 0 Å². The van der Waals surface area contributed by atoms with Gasteiger partial charge in [-0.1, -0.05) is 20.8 Å². The highest BCUT2D eigenvalue weighted by molar-refractivity contribution is 6.65. The molecule has 1 rings (SSSR count). The minimum Gasteiger partial charge on any atom is -0.455 e. The molecule has 0 unspecified atom stereocenters. The number of halogens is 6. The van der Waals surface area contributed by atoms with Gasteiger partial charge in [0.2, 0.25) is 0 Å². The van der Waals surface area contributed by atoms with Crippen LogP contribution in [0.2, 0.25) is 6.04 Å². The predicted molar refractivity (Wildman–Crippen MR) is 109 cm³/mol. The van der Waals surface area contributed by atoms with E-state index in [1.807, 2.05) is 0 Å². The molecule has 0 spiro atoms. The summed E-state index contributed by atoms with van der Waals surface area (Å²) in [7, 11) is -4.18. The molecule has 0 aliphatic carbocycles. The van der Waals surface area contributed by atoms with Gasteiger partial charge in [-0.25, -0.2) is 0 Å². The second-order valence-corrected chi connectivity index (χ2v) is 9.77. The van der Waals surface area contributed by atoms with E-state index in [1.165, 1.54) is 20.8 Å². The number of rotatable bonds is 11. The van der Waals surface area contributed by atoms with Gasteiger partial charge in [0, 0.05) is 19.3 Å². The maximum absolute atomic E-state index is 13.0. The van der Waals surface area contributed by atoms with Gasteiger partial charge in [-0.15, -0.1) is 0 Å². The number of aryl methyl sites for hydroxylation is 1. The number of carbonyl (C=O) groups excluding carboxylic acids is 3. The lowest BCUT2D eigenvalue weighted by atomic mass is 10.0. The molecule has 0 radical (unpaired) electrons. The van der Waals surface area contributed by atoms with Gasteiger partial charge in [0.25, 0.3) is 17.9 Å². The van der Waals surface area contributed by atoms with Crippen molar-refractivity contribution >= 4 is 26.7 Å². The van der Waals surface area contributed by atoms with Crippen LogP contribution >= 0.6 is 0 Å². The summed E-state index contributed by atoms with van der Waals surface area (Å²) in [5.41, 5.74) is -3.05. The molecule has 1 aromatic carbocycles. The van der Waals surface area contributed by atoms with Crippen LogP contribution in [-0.2, 0) is 46.4 Å².